The summed E-state index contributed by atoms with van der Waals surface area (Å²) >= 11 is 0. The van der Waals surface area contributed by atoms with E-state index in [1.165, 1.54) is 11.1 Å². The number of aliphatic hydroxyl groups is 1. The van der Waals surface area contributed by atoms with E-state index in [1.54, 1.807) is 6.26 Å². The maximum absolute atomic E-state index is 11.2. The minimum Gasteiger partial charge on any atom is -0.469 e. The first-order valence-corrected chi connectivity index (χ1v) is 6.90. The highest BCUT2D eigenvalue weighted by Gasteiger charge is 2.38. The molecule has 100 valence electrons. The Morgan fingerprint density at radius 3 is 2.58 bits per heavy atom. The summed E-state index contributed by atoms with van der Waals surface area (Å²) in [4.78, 5) is 0. The third-order valence-corrected chi connectivity index (χ3v) is 4.42. The zero-order chi connectivity index (χ0) is 13.6. The fraction of sp³-hybridized carbons (Fsp3) is 0.412. The van der Waals surface area contributed by atoms with E-state index in [1.807, 2.05) is 6.07 Å². The Balaban J connectivity index is 2.20. The molecule has 1 aliphatic carbocycles. The first-order chi connectivity index (χ1) is 9.02. The Kier molecular flexibility index (Phi) is 2.79. The summed E-state index contributed by atoms with van der Waals surface area (Å²) in [5.74, 6) is 0.936. The standard InChI is InChI=1S/C17H20O2/c1-11-9-13(3)15(10-12(11)2)17(18)7-4-5-16-14(17)6-8-19-16/h6,8-10,18H,4-5,7H2,1-3H3. The summed E-state index contributed by atoms with van der Waals surface area (Å²) in [6, 6.07) is 6.22. The van der Waals surface area contributed by atoms with Gasteiger partial charge in [-0.15, -0.1) is 0 Å². The highest BCUT2D eigenvalue weighted by molar-refractivity contribution is 5.46. The summed E-state index contributed by atoms with van der Waals surface area (Å²) in [6.45, 7) is 6.29. The van der Waals surface area contributed by atoms with Crippen LogP contribution in [0.3, 0.4) is 0 Å². The highest BCUT2D eigenvalue weighted by atomic mass is 16.3. The number of rotatable bonds is 1. The molecule has 1 atom stereocenters. The molecule has 1 aromatic carbocycles. The molecule has 1 unspecified atom stereocenters. The second kappa shape index (κ2) is 4.24. The van der Waals surface area contributed by atoms with Gasteiger partial charge < -0.3 is 9.52 Å². The van der Waals surface area contributed by atoms with E-state index in [0.717, 1.165) is 41.7 Å². The normalized spacial score (nSPS) is 22.3. The third-order valence-electron chi connectivity index (χ3n) is 4.42. The molecule has 19 heavy (non-hydrogen) atoms. The lowest BCUT2D eigenvalue weighted by atomic mass is 9.76. The average Bonchev–Trinajstić information content (AvgIpc) is 2.83. The van der Waals surface area contributed by atoms with Gasteiger partial charge in [0.2, 0.25) is 0 Å². The van der Waals surface area contributed by atoms with E-state index in [4.69, 9.17) is 4.42 Å². The summed E-state index contributed by atoms with van der Waals surface area (Å²) in [6.07, 6.45) is 4.35. The molecule has 0 saturated carbocycles. The van der Waals surface area contributed by atoms with Crippen LogP contribution in [-0.2, 0) is 12.0 Å². The van der Waals surface area contributed by atoms with Gasteiger partial charge in [0.15, 0.2) is 0 Å². The molecule has 1 N–H and O–H groups in total. The van der Waals surface area contributed by atoms with Gasteiger partial charge >= 0.3 is 0 Å². The van der Waals surface area contributed by atoms with Crippen LogP contribution in [0.1, 0.15) is 46.4 Å². The van der Waals surface area contributed by atoms with Crippen LogP contribution in [0.4, 0.5) is 0 Å². The zero-order valence-electron chi connectivity index (χ0n) is 11.8. The van der Waals surface area contributed by atoms with Crippen LogP contribution >= 0.6 is 0 Å². The van der Waals surface area contributed by atoms with Crippen molar-refractivity contribution in [1.82, 2.24) is 0 Å². The van der Waals surface area contributed by atoms with Crippen LogP contribution in [0.5, 0.6) is 0 Å². The Hall–Kier alpha value is -1.54. The van der Waals surface area contributed by atoms with Gasteiger partial charge in [-0.3, -0.25) is 0 Å². The van der Waals surface area contributed by atoms with Crippen molar-refractivity contribution < 1.29 is 9.52 Å². The van der Waals surface area contributed by atoms with Gasteiger partial charge in [0.05, 0.1) is 6.26 Å². The molecule has 0 spiro atoms. The van der Waals surface area contributed by atoms with Gasteiger partial charge in [-0.25, -0.2) is 0 Å². The van der Waals surface area contributed by atoms with Gasteiger partial charge in [-0.1, -0.05) is 12.1 Å². The van der Waals surface area contributed by atoms with E-state index in [9.17, 15) is 5.11 Å². The van der Waals surface area contributed by atoms with Gasteiger partial charge in [0, 0.05) is 12.0 Å². The van der Waals surface area contributed by atoms with Crippen LogP contribution < -0.4 is 0 Å². The van der Waals surface area contributed by atoms with E-state index >= 15 is 0 Å². The molecule has 0 saturated heterocycles. The van der Waals surface area contributed by atoms with E-state index in [-0.39, 0.29) is 0 Å². The van der Waals surface area contributed by atoms with Crippen molar-refractivity contribution in [3.8, 4) is 0 Å². The number of fused-ring (bicyclic) bond motifs is 1. The smallest absolute Gasteiger partial charge is 0.118 e. The maximum atomic E-state index is 11.2. The summed E-state index contributed by atoms with van der Waals surface area (Å²) in [7, 11) is 0. The molecule has 0 fully saturated rings. The van der Waals surface area contributed by atoms with Crippen LogP contribution in [0.25, 0.3) is 0 Å². The molecule has 1 heterocycles. The lowest BCUT2D eigenvalue weighted by Gasteiger charge is -2.34. The van der Waals surface area contributed by atoms with Crippen molar-refractivity contribution in [2.75, 3.05) is 0 Å². The molecule has 1 aromatic heterocycles. The number of hydrogen-bond donors (Lipinski definition) is 1. The summed E-state index contributed by atoms with van der Waals surface area (Å²) < 4.78 is 5.51. The van der Waals surface area contributed by atoms with Gasteiger partial charge in [0.25, 0.3) is 0 Å². The monoisotopic (exact) mass is 256 g/mol. The molecule has 1 aliphatic rings. The summed E-state index contributed by atoms with van der Waals surface area (Å²) in [5, 5.41) is 11.2. The quantitative estimate of drug-likeness (QED) is 0.842. The third kappa shape index (κ3) is 1.82. The number of benzene rings is 1. The van der Waals surface area contributed by atoms with Gasteiger partial charge in [-0.2, -0.15) is 0 Å². The molecular weight excluding hydrogens is 236 g/mol. The molecule has 3 rings (SSSR count). The van der Waals surface area contributed by atoms with E-state index < -0.39 is 5.60 Å². The molecule has 0 amide bonds. The Morgan fingerprint density at radius 2 is 1.79 bits per heavy atom. The Morgan fingerprint density at radius 1 is 1.05 bits per heavy atom. The second-order valence-electron chi connectivity index (χ2n) is 5.72. The van der Waals surface area contributed by atoms with Crippen molar-refractivity contribution in [3.63, 3.8) is 0 Å². The molecule has 0 aliphatic heterocycles. The average molecular weight is 256 g/mol. The fourth-order valence-electron chi connectivity index (χ4n) is 3.23. The van der Waals surface area contributed by atoms with Crippen molar-refractivity contribution in [2.24, 2.45) is 0 Å². The number of furan rings is 1. The zero-order valence-corrected chi connectivity index (χ0v) is 11.8. The van der Waals surface area contributed by atoms with Gasteiger partial charge in [-0.05, 0) is 61.9 Å². The fourth-order valence-corrected chi connectivity index (χ4v) is 3.23. The lowest BCUT2D eigenvalue weighted by molar-refractivity contribution is 0.0582. The molecule has 2 nitrogen and oxygen atoms in total. The highest BCUT2D eigenvalue weighted by Crippen LogP contribution is 2.42. The van der Waals surface area contributed by atoms with E-state index in [0.29, 0.717) is 0 Å². The SMILES string of the molecule is Cc1cc(C)c(C2(O)CCCc3occc32)cc1C. The topological polar surface area (TPSA) is 33.4 Å². The largest absolute Gasteiger partial charge is 0.469 e. The van der Waals surface area contributed by atoms with Crippen LogP contribution in [0, 0.1) is 20.8 Å². The predicted molar refractivity (Wildman–Crippen MR) is 75.3 cm³/mol. The minimum atomic E-state index is -0.886. The van der Waals surface area contributed by atoms with Crippen molar-refractivity contribution in [2.45, 2.75) is 45.6 Å². The van der Waals surface area contributed by atoms with Crippen LogP contribution in [-0.4, -0.2) is 5.11 Å². The van der Waals surface area contributed by atoms with Crippen LogP contribution in [0.15, 0.2) is 28.9 Å². The predicted octanol–water partition coefficient (Wildman–Crippen LogP) is 3.78. The second-order valence-corrected chi connectivity index (χ2v) is 5.72. The molecule has 2 heteroatoms. The lowest BCUT2D eigenvalue weighted by Crippen LogP contribution is -2.32. The Bertz CT molecular complexity index is 624. The van der Waals surface area contributed by atoms with E-state index in [2.05, 4.69) is 32.9 Å². The molecule has 2 aromatic rings. The van der Waals surface area contributed by atoms with Gasteiger partial charge in [0.1, 0.15) is 11.4 Å². The Labute approximate surface area is 114 Å². The molecule has 0 radical (unpaired) electrons. The molecule has 0 bridgehead atoms. The van der Waals surface area contributed by atoms with Crippen molar-refractivity contribution >= 4 is 0 Å². The molecular formula is C17H20O2. The van der Waals surface area contributed by atoms with Crippen molar-refractivity contribution in [1.29, 1.82) is 0 Å². The maximum Gasteiger partial charge on any atom is 0.118 e. The van der Waals surface area contributed by atoms with Crippen molar-refractivity contribution in [3.05, 3.63) is 58.0 Å². The number of hydrogen-bond acceptors (Lipinski definition) is 2. The first-order valence-electron chi connectivity index (χ1n) is 6.90. The first kappa shape index (κ1) is 12.5. The minimum absolute atomic E-state index is 0.767. The summed E-state index contributed by atoms with van der Waals surface area (Å²) in [5.41, 5.74) is 4.74. The number of aryl methyl sites for hydroxylation is 4. The van der Waals surface area contributed by atoms with Crippen LogP contribution in [0.2, 0.25) is 0 Å².